The molecule has 0 saturated heterocycles. The first-order valence-electron chi connectivity index (χ1n) is 11.3. The van der Waals surface area contributed by atoms with Crippen molar-refractivity contribution in [2.45, 2.75) is 12.5 Å². The molecular weight excluding hydrogens is 513 g/mol. The summed E-state index contributed by atoms with van der Waals surface area (Å²) in [5.74, 6) is 0.537. The van der Waals surface area contributed by atoms with E-state index in [-0.39, 0.29) is 6.42 Å². The van der Waals surface area contributed by atoms with Crippen molar-refractivity contribution in [1.29, 1.82) is 0 Å². The molecule has 4 rings (SSSR count). The van der Waals surface area contributed by atoms with Gasteiger partial charge in [0.1, 0.15) is 12.4 Å². The summed E-state index contributed by atoms with van der Waals surface area (Å²) in [5, 5.41) is 0.748. The molecule has 0 amide bonds. The molecule has 0 aliphatic carbocycles. The largest absolute Gasteiger partial charge is 0.493 e. The van der Waals surface area contributed by atoms with Crippen LogP contribution in [0.4, 0.5) is 0 Å². The van der Waals surface area contributed by atoms with Crippen LogP contribution in [0.25, 0.3) is 11.1 Å². The molecule has 0 aliphatic rings. The van der Waals surface area contributed by atoms with Crippen LogP contribution in [-0.2, 0) is 11.2 Å². The number of hydrogen-bond donors (Lipinski definition) is 0. The summed E-state index contributed by atoms with van der Waals surface area (Å²) in [4.78, 5) is 28.1. The minimum atomic E-state index is -0.722. The van der Waals surface area contributed by atoms with Gasteiger partial charge in [-0.05, 0) is 46.5 Å². The lowest BCUT2D eigenvalue weighted by atomic mass is 10.0. The quantitative estimate of drug-likeness (QED) is 0.169. The van der Waals surface area contributed by atoms with Crippen LogP contribution in [0.5, 0.6) is 11.5 Å². The van der Waals surface area contributed by atoms with Crippen LogP contribution in [0, 0.1) is 0 Å². The number of aromatic nitrogens is 1. The Labute approximate surface area is 224 Å². The molecule has 4 aromatic rings. The maximum atomic E-state index is 13.2. The average molecular weight is 536 g/mol. The Morgan fingerprint density at radius 3 is 2.03 bits per heavy atom. The fourth-order valence-corrected chi connectivity index (χ4v) is 4.37. The summed E-state index contributed by atoms with van der Waals surface area (Å²) in [6, 6.07) is 19.5. The fraction of sp³-hybridized carbons (Fsp3) is 0.138. The lowest BCUT2D eigenvalue weighted by molar-refractivity contribution is 0.0297. The number of carbonyl (C=O) groups is 2. The Hall–Kier alpha value is -3.87. The van der Waals surface area contributed by atoms with Crippen LogP contribution < -0.4 is 9.47 Å². The van der Waals surface area contributed by atoms with E-state index in [1.54, 1.807) is 49.6 Å². The molecule has 0 fully saturated rings. The molecule has 188 valence electrons. The Balaban J connectivity index is 1.62. The number of esters is 1. The summed E-state index contributed by atoms with van der Waals surface area (Å²) < 4.78 is 16.7. The van der Waals surface area contributed by atoms with Gasteiger partial charge >= 0.3 is 5.97 Å². The molecule has 0 unspecified atom stereocenters. The van der Waals surface area contributed by atoms with E-state index in [0.29, 0.717) is 43.8 Å². The summed E-state index contributed by atoms with van der Waals surface area (Å²) in [6.45, 7) is 0. The zero-order chi connectivity index (χ0) is 26.4. The van der Waals surface area contributed by atoms with Gasteiger partial charge in [0.05, 0.1) is 29.8 Å². The highest BCUT2D eigenvalue weighted by Gasteiger charge is 2.23. The number of halogens is 2. The zero-order valence-corrected chi connectivity index (χ0v) is 21.6. The molecule has 0 N–H and O–H groups in total. The summed E-state index contributed by atoms with van der Waals surface area (Å²) in [7, 11) is 3.08. The van der Waals surface area contributed by atoms with Gasteiger partial charge in [-0.3, -0.25) is 9.78 Å². The number of rotatable bonds is 9. The van der Waals surface area contributed by atoms with Crippen molar-refractivity contribution >= 4 is 35.5 Å². The Bertz CT molecular complexity index is 1380. The van der Waals surface area contributed by atoms with Crippen molar-refractivity contribution in [3.05, 3.63) is 111 Å². The van der Waals surface area contributed by atoms with Crippen molar-refractivity contribution in [1.82, 2.24) is 4.98 Å². The molecule has 0 aliphatic heterocycles. The lowest BCUT2D eigenvalue weighted by Crippen LogP contribution is -2.15. The average Bonchev–Trinajstić information content (AvgIpc) is 2.94. The summed E-state index contributed by atoms with van der Waals surface area (Å²) in [6.07, 6.45) is 3.29. The molecule has 1 atom stereocenters. The van der Waals surface area contributed by atoms with Crippen LogP contribution in [0.2, 0.25) is 10.0 Å². The van der Waals surface area contributed by atoms with Crippen LogP contribution >= 0.6 is 23.2 Å². The van der Waals surface area contributed by atoms with Crippen molar-refractivity contribution in [3.63, 3.8) is 0 Å². The van der Waals surface area contributed by atoms with Crippen molar-refractivity contribution < 1.29 is 23.8 Å². The van der Waals surface area contributed by atoms with Gasteiger partial charge in [-0.25, -0.2) is 4.79 Å². The van der Waals surface area contributed by atoms with E-state index in [1.807, 2.05) is 24.3 Å². The summed E-state index contributed by atoms with van der Waals surface area (Å²) in [5.41, 5.74) is 4.10. The number of ether oxygens (including phenoxy) is 3. The minimum Gasteiger partial charge on any atom is -0.493 e. The highest BCUT2D eigenvalue weighted by Crippen LogP contribution is 2.35. The van der Waals surface area contributed by atoms with Gasteiger partial charge in [-0.15, -0.1) is 0 Å². The molecule has 8 heteroatoms. The third-order valence-electron chi connectivity index (χ3n) is 5.87. The van der Waals surface area contributed by atoms with Crippen LogP contribution in [0.15, 0.2) is 79.1 Å². The van der Waals surface area contributed by atoms with E-state index in [9.17, 15) is 9.59 Å². The predicted molar refractivity (Wildman–Crippen MR) is 143 cm³/mol. The predicted octanol–water partition coefficient (Wildman–Crippen LogP) is 7.03. The van der Waals surface area contributed by atoms with Crippen LogP contribution in [-0.4, -0.2) is 31.5 Å². The fourth-order valence-electron chi connectivity index (χ4n) is 3.85. The minimum absolute atomic E-state index is 0.225. The second-order valence-corrected chi connectivity index (χ2v) is 8.93. The molecule has 1 heterocycles. The first kappa shape index (κ1) is 26.2. The molecule has 3 aromatic carbocycles. The first-order valence-corrected chi connectivity index (χ1v) is 12.1. The first-order chi connectivity index (χ1) is 17.9. The highest BCUT2D eigenvalue weighted by atomic mass is 35.5. The van der Waals surface area contributed by atoms with E-state index in [2.05, 4.69) is 4.98 Å². The van der Waals surface area contributed by atoms with Gasteiger partial charge in [0.2, 0.25) is 0 Å². The number of carbonyl (C=O) groups excluding carboxylic acids is 2. The second kappa shape index (κ2) is 11.9. The van der Waals surface area contributed by atoms with Gasteiger partial charge in [-0.1, -0.05) is 65.7 Å². The van der Waals surface area contributed by atoms with Gasteiger partial charge in [0.15, 0.2) is 11.5 Å². The number of pyridine rings is 1. The maximum absolute atomic E-state index is 13.2. The van der Waals surface area contributed by atoms with E-state index in [0.717, 1.165) is 17.4 Å². The van der Waals surface area contributed by atoms with Gasteiger partial charge in [0.25, 0.3) is 0 Å². The van der Waals surface area contributed by atoms with Gasteiger partial charge < -0.3 is 14.2 Å². The molecule has 0 bridgehead atoms. The number of aldehydes is 1. The van der Waals surface area contributed by atoms with Crippen LogP contribution in [0.3, 0.4) is 0 Å². The van der Waals surface area contributed by atoms with Gasteiger partial charge in [-0.2, -0.15) is 0 Å². The topological polar surface area (TPSA) is 74.7 Å². The molecule has 37 heavy (non-hydrogen) atoms. The summed E-state index contributed by atoms with van der Waals surface area (Å²) >= 11 is 12.7. The molecule has 1 aromatic heterocycles. The van der Waals surface area contributed by atoms with Crippen LogP contribution in [0.1, 0.15) is 37.9 Å². The monoisotopic (exact) mass is 535 g/mol. The zero-order valence-electron chi connectivity index (χ0n) is 20.1. The van der Waals surface area contributed by atoms with E-state index >= 15 is 0 Å². The normalized spacial score (nSPS) is 11.5. The highest BCUT2D eigenvalue weighted by molar-refractivity contribution is 6.35. The lowest BCUT2D eigenvalue weighted by Gasteiger charge is -2.21. The number of methoxy groups -OCH3 is 2. The third-order valence-corrected chi connectivity index (χ3v) is 6.52. The number of hydrogen-bond acceptors (Lipinski definition) is 6. The third kappa shape index (κ3) is 6.10. The Kier molecular flexibility index (Phi) is 8.43. The number of nitrogens with zero attached hydrogens (tertiary/aromatic N) is 1. The molecule has 6 nitrogen and oxygen atoms in total. The van der Waals surface area contributed by atoms with Gasteiger partial charge in [0, 0.05) is 24.4 Å². The SMILES string of the molecule is COc1ccc([C@H](Cc2c(Cl)cncc2Cl)OC(=O)c2ccc(-c3ccc(C=O)cc3)cc2)cc1OC. The van der Waals surface area contributed by atoms with Crippen molar-refractivity contribution in [2.75, 3.05) is 14.2 Å². The van der Waals surface area contributed by atoms with Crippen molar-refractivity contribution in [2.24, 2.45) is 0 Å². The smallest absolute Gasteiger partial charge is 0.338 e. The second-order valence-electron chi connectivity index (χ2n) is 8.11. The number of benzene rings is 3. The van der Waals surface area contributed by atoms with E-state index in [1.165, 1.54) is 19.5 Å². The Morgan fingerprint density at radius 2 is 1.46 bits per heavy atom. The molecule has 0 radical (unpaired) electrons. The molecular formula is C29H23Cl2NO5. The maximum Gasteiger partial charge on any atom is 0.338 e. The molecule has 0 spiro atoms. The Morgan fingerprint density at radius 1 is 0.865 bits per heavy atom. The van der Waals surface area contributed by atoms with E-state index in [4.69, 9.17) is 37.4 Å². The molecule has 0 saturated carbocycles. The standard InChI is InChI=1S/C29H23Cl2NO5/c1-35-26-12-11-22(13-28(26)36-2)27(14-23-24(30)15-32-16-25(23)31)37-29(34)21-9-7-20(8-10-21)19-5-3-18(17-33)4-6-19/h3-13,15-17,27H,14H2,1-2H3/t27-/m0/s1. The van der Waals surface area contributed by atoms with Crippen molar-refractivity contribution in [3.8, 4) is 22.6 Å². The van der Waals surface area contributed by atoms with E-state index < -0.39 is 12.1 Å².